The number of carbonyl (C=O) groups is 2. The van der Waals surface area contributed by atoms with Crippen molar-refractivity contribution in [2.24, 2.45) is 11.7 Å². The smallest absolute Gasteiger partial charge is 0.234 e. The Hall–Kier alpha value is -2.86. The zero-order chi connectivity index (χ0) is 27.3. The molecule has 2 amide bonds. The topological polar surface area (TPSA) is 125 Å². The number of sulfonamides is 1. The Kier molecular flexibility index (Phi) is 9.14. The summed E-state index contributed by atoms with van der Waals surface area (Å²) in [5.74, 6) is -1.59. The fourth-order valence-corrected chi connectivity index (χ4v) is 6.61. The lowest BCUT2D eigenvalue weighted by atomic mass is 9.92. The van der Waals surface area contributed by atoms with E-state index in [0.717, 1.165) is 18.4 Å². The van der Waals surface area contributed by atoms with Crippen LogP contribution in [0.15, 0.2) is 54.6 Å². The van der Waals surface area contributed by atoms with Crippen molar-refractivity contribution < 1.29 is 22.4 Å². The van der Waals surface area contributed by atoms with Crippen molar-refractivity contribution in [2.45, 2.75) is 50.7 Å². The fourth-order valence-electron chi connectivity index (χ4n) is 4.76. The van der Waals surface area contributed by atoms with Gasteiger partial charge in [0.05, 0.1) is 6.54 Å². The van der Waals surface area contributed by atoms with E-state index in [0.29, 0.717) is 31.6 Å². The average Bonchev–Trinajstić information content (AvgIpc) is 3.70. The van der Waals surface area contributed by atoms with Crippen LogP contribution in [0.4, 0.5) is 10.1 Å². The minimum absolute atomic E-state index is 0.0453. The van der Waals surface area contributed by atoms with Gasteiger partial charge in [-0.05, 0) is 55.5 Å². The van der Waals surface area contributed by atoms with Gasteiger partial charge in [0.25, 0.3) is 0 Å². The summed E-state index contributed by atoms with van der Waals surface area (Å²) in [6.45, 7) is 2.60. The van der Waals surface area contributed by atoms with E-state index in [1.54, 1.807) is 16.1 Å². The van der Waals surface area contributed by atoms with Crippen molar-refractivity contribution >= 4 is 27.5 Å². The summed E-state index contributed by atoms with van der Waals surface area (Å²) < 4.78 is 40.0. The largest absolute Gasteiger partial charge is 0.350 e. The number of nitrogens with two attached hydrogens (primary N) is 1. The highest BCUT2D eigenvalue weighted by Crippen LogP contribution is 2.31. The highest BCUT2D eigenvalue weighted by molar-refractivity contribution is 7.89. The zero-order valence-electron chi connectivity index (χ0n) is 21.6. The van der Waals surface area contributed by atoms with Crippen LogP contribution in [0.1, 0.15) is 31.7 Å². The number of anilines is 1. The molecule has 206 valence electrons. The molecule has 1 heterocycles. The predicted octanol–water partition coefficient (Wildman–Crippen LogP) is 1.91. The summed E-state index contributed by atoms with van der Waals surface area (Å²) in [6.07, 6.45) is 2.57. The molecule has 11 heteroatoms. The summed E-state index contributed by atoms with van der Waals surface area (Å²) in [7, 11) is -3.41. The first-order valence-corrected chi connectivity index (χ1v) is 14.6. The molecule has 2 fully saturated rings. The lowest BCUT2D eigenvalue weighted by Gasteiger charge is -2.34. The summed E-state index contributed by atoms with van der Waals surface area (Å²) >= 11 is 0. The molecule has 3 atom stereocenters. The number of nitrogens with one attached hydrogen (secondary N) is 2. The molecule has 1 aliphatic heterocycles. The van der Waals surface area contributed by atoms with Gasteiger partial charge >= 0.3 is 0 Å². The number of rotatable bonds is 11. The molecule has 38 heavy (non-hydrogen) atoms. The molecule has 0 spiro atoms. The van der Waals surface area contributed by atoms with Crippen LogP contribution in [0.2, 0.25) is 0 Å². The first kappa shape index (κ1) is 28.2. The number of benzene rings is 2. The van der Waals surface area contributed by atoms with Crippen LogP contribution in [0.3, 0.4) is 0 Å². The van der Waals surface area contributed by atoms with Crippen LogP contribution in [-0.4, -0.2) is 73.1 Å². The third kappa shape index (κ3) is 7.83. The van der Waals surface area contributed by atoms with Gasteiger partial charge in [0, 0.05) is 42.8 Å². The van der Waals surface area contributed by atoms with Gasteiger partial charge in [-0.25, -0.2) is 12.8 Å². The Balaban J connectivity index is 1.36. The molecule has 1 saturated carbocycles. The van der Waals surface area contributed by atoms with Gasteiger partial charge in [0.1, 0.15) is 11.7 Å². The maximum absolute atomic E-state index is 13.2. The van der Waals surface area contributed by atoms with Gasteiger partial charge in [-0.3, -0.25) is 14.5 Å². The number of hydrogen-bond donors (Lipinski definition) is 3. The molecular weight excluding hydrogens is 509 g/mol. The first-order valence-electron chi connectivity index (χ1n) is 13.0. The van der Waals surface area contributed by atoms with Crippen LogP contribution in [0, 0.1) is 11.7 Å². The Morgan fingerprint density at radius 1 is 1.08 bits per heavy atom. The van der Waals surface area contributed by atoms with E-state index in [4.69, 9.17) is 5.73 Å². The molecule has 4 N–H and O–H groups in total. The van der Waals surface area contributed by atoms with Gasteiger partial charge in [0.2, 0.25) is 21.8 Å². The third-order valence-electron chi connectivity index (χ3n) is 7.01. The van der Waals surface area contributed by atoms with Gasteiger partial charge in [0.15, 0.2) is 0 Å². The third-order valence-corrected chi connectivity index (χ3v) is 8.89. The molecule has 2 aromatic carbocycles. The summed E-state index contributed by atoms with van der Waals surface area (Å²) in [5, 5.41) is 5.76. The van der Waals surface area contributed by atoms with Crippen LogP contribution >= 0.6 is 0 Å². The maximum Gasteiger partial charge on any atom is 0.234 e. The van der Waals surface area contributed by atoms with E-state index in [9.17, 15) is 22.4 Å². The lowest BCUT2D eigenvalue weighted by molar-refractivity contribution is -0.123. The average molecular weight is 546 g/mol. The minimum atomic E-state index is -3.41. The van der Waals surface area contributed by atoms with E-state index < -0.39 is 28.0 Å². The molecule has 0 unspecified atom stereocenters. The van der Waals surface area contributed by atoms with Crippen molar-refractivity contribution in [3.63, 3.8) is 0 Å². The Morgan fingerprint density at radius 3 is 2.39 bits per heavy atom. The number of nitrogens with zero attached hydrogens (tertiary/aromatic N) is 2. The number of carbonyl (C=O) groups excluding carboxylic acids is 2. The summed E-state index contributed by atoms with van der Waals surface area (Å²) in [6, 6.07) is 14.2. The highest BCUT2D eigenvalue weighted by atomic mass is 32.2. The maximum atomic E-state index is 13.2. The molecule has 2 aliphatic rings. The van der Waals surface area contributed by atoms with Gasteiger partial charge in [-0.15, -0.1) is 0 Å². The normalized spacial score (nSPS) is 20.3. The zero-order valence-corrected chi connectivity index (χ0v) is 22.4. The van der Waals surface area contributed by atoms with Crippen LogP contribution in [0.5, 0.6) is 0 Å². The molecule has 9 nitrogen and oxygen atoms in total. The molecule has 2 aromatic rings. The number of halogens is 1. The molecule has 4 rings (SSSR count). The molecule has 0 aromatic heterocycles. The van der Waals surface area contributed by atoms with Crippen molar-refractivity contribution in [1.82, 2.24) is 14.5 Å². The lowest BCUT2D eigenvalue weighted by Crippen LogP contribution is -2.55. The number of hydrogen-bond acceptors (Lipinski definition) is 6. The Labute approximate surface area is 223 Å². The number of amides is 2. The summed E-state index contributed by atoms with van der Waals surface area (Å²) in [5.41, 5.74) is 8.01. The van der Waals surface area contributed by atoms with Crippen LogP contribution < -0.4 is 16.4 Å². The van der Waals surface area contributed by atoms with Crippen LogP contribution in [-0.2, 0) is 26.0 Å². The second-order valence-corrected chi connectivity index (χ2v) is 12.2. The first-order chi connectivity index (χ1) is 18.1. The van der Waals surface area contributed by atoms with Crippen molar-refractivity contribution in [2.75, 3.05) is 30.8 Å². The van der Waals surface area contributed by atoms with E-state index >= 15 is 0 Å². The molecule has 0 bridgehead atoms. The van der Waals surface area contributed by atoms with E-state index in [2.05, 4.69) is 10.6 Å². The van der Waals surface area contributed by atoms with Crippen molar-refractivity contribution in [3.05, 3.63) is 66.0 Å². The Bertz CT molecular complexity index is 1210. The van der Waals surface area contributed by atoms with Gasteiger partial charge in [-0.1, -0.05) is 37.3 Å². The highest BCUT2D eigenvalue weighted by Gasteiger charge is 2.41. The van der Waals surface area contributed by atoms with Crippen LogP contribution in [0.25, 0.3) is 0 Å². The molecule has 1 aliphatic carbocycles. The monoisotopic (exact) mass is 545 g/mol. The molecular formula is C27H36FN5O4S. The molecule has 1 saturated heterocycles. The molecule has 0 radical (unpaired) electrons. The fraction of sp³-hybridized carbons (Fsp3) is 0.481. The van der Waals surface area contributed by atoms with Gasteiger partial charge < -0.3 is 16.4 Å². The van der Waals surface area contributed by atoms with E-state index in [-0.39, 0.29) is 36.1 Å². The second-order valence-electron chi connectivity index (χ2n) is 10.3. The second kappa shape index (κ2) is 12.3. The quantitative estimate of drug-likeness (QED) is 0.396. The predicted molar refractivity (Wildman–Crippen MR) is 144 cm³/mol. The van der Waals surface area contributed by atoms with E-state index in [1.165, 1.54) is 24.3 Å². The van der Waals surface area contributed by atoms with Crippen molar-refractivity contribution in [3.8, 4) is 0 Å². The summed E-state index contributed by atoms with van der Waals surface area (Å²) in [4.78, 5) is 27.4. The van der Waals surface area contributed by atoms with Gasteiger partial charge in [-0.2, -0.15) is 4.31 Å². The SMILES string of the molecule is C[C@H](C[C@H](N)[C@H](Cc1ccccc1)NC(=O)CN1CCN(C2CC2)S(=O)(=O)C1)C(=O)Nc1ccc(F)cc1. The standard InChI is InChI=1S/C27H36FN5O4S/c1-19(27(35)30-22-9-7-21(28)8-10-22)15-24(29)25(16-20-5-3-2-4-6-20)31-26(34)17-32-13-14-33(23-11-12-23)38(36,37)18-32/h2-10,19,23-25H,11-18,29H2,1H3,(H,30,35)(H,31,34)/t19-,24+,25+/m1/s1. The minimum Gasteiger partial charge on any atom is -0.350 e. The van der Waals surface area contributed by atoms with E-state index in [1.807, 2.05) is 30.3 Å². The van der Waals surface area contributed by atoms with Crippen molar-refractivity contribution in [1.29, 1.82) is 0 Å². The Morgan fingerprint density at radius 2 is 1.76 bits per heavy atom.